The molecule has 0 fully saturated rings. The van der Waals surface area contributed by atoms with Gasteiger partial charge in [0.05, 0.1) is 0 Å². The van der Waals surface area contributed by atoms with Crippen LogP contribution in [0, 0.1) is 20.8 Å². The van der Waals surface area contributed by atoms with Crippen LogP contribution < -0.4 is 4.74 Å². The van der Waals surface area contributed by atoms with Gasteiger partial charge in [-0.2, -0.15) is 13.2 Å². The Morgan fingerprint density at radius 3 is 2.17 bits per heavy atom. The summed E-state index contributed by atoms with van der Waals surface area (Å²) >= 11 is 0. The lowest BCUT2D eigenvalue weighted by molar-refractivity contribution is -0.0886. The highest BCUT2D eigenvalue weighted by atomic mass is 19.4. The van der Waals surface area contributed by atoms with Crippen LogP contribution in [0.2, 0.25) is 0 Å². The Kier molecular flexibility index (Phi) is 4.78. The van der Waals surface area contributed by atoms with Crippen molar-refractivity contribution in [3.05, 3.63) is 64.2 Å². The first kappa shape index (κ1) is 17.1. The number of benzene rings is 2. The molecule has 0 heterocycles. The van der Waals surface area contributed by atoms with Crippen LogP contribution in [0.1, 0.15) is 32.6 Å². The van der Waals surface area contributed by atoms with E-state index in [1.165, 1.54) is 18.2 Å². The molecular weight excluding hydrogens is 305 g/mol. The second kappa shape index (κ2) is 6.44. The van der Waals surface area contributed by atoms with Crippen molar-refractivity contribution in [1.82, 2.24) is 0 Å². The van der Waals surface area contributed by atoms with E-state index in [0.717, 1.165) is 16.7 Å². The van der Waals surface area contributed by atoms with Crippen LogP contribution in [0.4, 0.5) is 13.2 Å². The first-order chi connectivity index (χ1) is 10.7. The van der Waals surface area contributed by atoms with Gasteiger partial charge in [0.25, 0.3) is 5.78 Å². The van der Waals surface area contributed by atoms with Gasteiger partial charge < -0.3 is 4.74 Å². The third kappa shape index (κ3) is 3.92. The van der Waals surface area contributed by atoms with Gasteiger partial charge in [-0.15, -0.1) is 0 Å². The Labute approximate surface area is 132 Å². The highest BCUT2D eigenvalue weighted by Gasteiger charge is 2.40. The van der Waals surface area contributed by atoms with E-state index in [9.17, 15) is 18.0 Å². The van der Waals surface area contributed by atoms with Gasteiger partial charge in [-0.1, -0.05) is 24.3 Å². The summed E-state index contributed by atoms with van der Waals surface area (Å²) in [6, 6.07) is 9.28. The second-order valence-corrected chi connectivity index (χ2v) is 5.45. The molecule has 0 aliphatic rings. The van der Waals surface area contributed by atoms with E-state index in [2.05, 4.69) is 0 Å². The summed E-state index contributed by atoms with van der Waals surface area (Å²) in [6.07, 6.45) is -4.90. The number of hydrogen-bond acceptors (Lipinski definition) is 2. The fraction of sp³-hybridized carbons (Fsp3) is 0.278. The number of ketones is 1. The number of Topliss-reactive ketones (excluding diaryl/α,β-unsaturated/α-hetero) is 1. The van der Waals surface area contributed by atoms with Crippen LogP contribution in [0.15, 0.2) is 36.4 Å². The van der Waals surface area contributed by atoms with E-state index in [4.69, 9.17) is 4.74 Å². The van der Waals surface area contributed by atoms with Crippen molar-refractivity contribution in [3.63, 3.8) is 0 Å². The number of rotatable bonds is 4. The van der Waals surface area contributed by atoms with Crippen molar-refractivity contribution in [3.8, 4) is 5.75 Å². The zero-order chi connectivity index (χ0) is 17.2. The van der Waals surface area contributed by atoms with Crippen molar-refractivity contribution >= 4 is 5.78 Å². The molecule has 2 aromatic carbocycles. The van der Waals surface area contributed by atoms with E-state index in [1.807, 2.05) is 32.9 Å². The van der Waals surface area contributed by atoms with Gasteiger partial charge in [0.15, 0.2) is 0 Å². The fourth-order valence-electron chi connectivity index (χ4n) is 2.26. The zero-order valence-corrected chi connectivity index (χ0v) is 13.1. The summed E-state index contributed by atoms with van der Waals surface area (Å²) in [4.78, 5) is 11.5. The summed E-state index contributed by atoms with van der Waals surface area (Å²) < 4.78 is 43.5. The van der Waals surface area contributed by atoms with E-state index in [1.54, 1.807) is 6.07 Å². The summed E-state index contributed by atoms with van der Waals surface area (Å²) in [5.74, 6) is -1.28. The molecule has 2 nitrogen and oxygen atoms in total. The summed E-state index contributed by atoms with van der Waals surface area (Å²) in [5, 5.41) is 0. The Balaban J connectivity index is 2.24. The molecule has 0 saturated heterocycles. The second-order valence-electron chi connectivity index (χ2n) is 5.45. The molecular formula is C18H17F3O2. The average molecular weight is 322 g/mol. The Hall–Kier alpha value is -2.30. The van der Waals surface area contributed by atoms with Crippen LogP contribution in [-0.4, -0.2) is 12.0 Å². The lowest BCUT2D eigenvalue weighted by atomic mass is 10.0. The normalized spacial score (nSPS) is 11.4. The number of carbonyl (C=O) groups is 1. The number of alkyl halides is 3. The quantitative estimate of drug-likeness (QED) is 0.746. The number of ether oxygens (including phenoxy) is 1. The van der Waals surface area contributed by atoms with Crippen molar-refractivity contribution in [1.29, 1.82) is 0 Å². The maximum atomic E-state index is 12.6. The number of carbonyl (C=O) groups excluding carboxylic acids is 1. The van der Waals surface area contributed by atoms with Crippen molar-refractivity contribution in [2.45, 2.75) is 33.6 Å². The number of halogens is 3. The van der Waals surface area contributed by atoms with Crippen LogP contribution in [0.5, 0.6) is 5.75 Å². The molecule has 0 N–H and O–H groups in total. The first-order valence-corrected chi connectivity index (χ1v) is 7.10. The minimum absolute atomic E-state index is 0.0973. The van der Waals surface area contributed by atoms with Crippen LogP contribution in [0.25, 0.3) is 0 Å². The Bertz CT molecular complexity index is 710. The molecule has 0 unspecified atom stereocenters. The minimum atomic E-state index is -4.90. The molecule has 0 amide bonds. The smallest absolute Gasteiger partial charge is 0.454 e. The van der Waals surface area contributed by atoms with Gasteiger partial charge in [0.1, 0.15) is 12.4 Å². The van der Waals surface area contributed by atoms with Gasteiger partial charge in [-0.3, -0.25) is 4.79 Å². The van der Waals surface area contributed by atoms with Crippen molar-refractivity contribution in [2.24, 2.45) is 0 Å². The van der Waals surface area contributed by atoms with Gasteiger partial charge in [0.2, 0.25) is 0 Å². The molecule has 2 aromatic rings. The predicted octanol–water partition coefficient (Wildman–Crippen LogP) is 4.94. The van der Waals surface area contributed by atoms with Crippen LogP contribution in [0.3, 0.4) is 0 Å². The molecule has 0 aliphatic carbocycles. The SMILES string of the molecule is Cc1cc(OCc2ccccc2C(=O)C(F)(F)F)cc(C)c1C. The summed E-state index contributed by atoms with van der Waals surface area (Å²) in [6.45, 7) is 5.78. The molecule has 5 heteroatoms. The van der Waals surface area contributed by atoms with E-state index >= 15 is 0 Å². The van der Waals surface area contributed by atoms with E-state index in [0.29, 0.717) is 5.75 Å². The maximum absolute atomic E-state index is 12.6. The lowest BCUT2D eigenvalue weighted by Gasteiger charge is -2.13. The lowest BCUT2D eigenvalue weighted by Crippen LogP contribution is -2.24. The minimum Gasteiger partial charge on any atom is -0.489 e. The molecule has 0 atom stereocenters. The molecule has 2 rings (SSSR count). The third-order valence-electron chi connectivity index (χ3n) is 3.81. The summed E-state index contributed by atoms with van der Waals surface area (Å²) in [7, 11) is 0. The van der Waals surface area contributed by atoms with E-state index < -0.39 is 12.0 Å². The van der Waals surface area contributed by atoms with E-state index in [-0.39, 0.29) is 17.7 Å². The number of hydrogen-bond donors (Lipinski definition) is 0. The molecule has 0 aliphatic heterocycles. The van der Waals surface area contributed by atoms with Crippen LogP contribution >= 0.6 is 0 Å². The predicted molar refractivity (Wildman–Crippen MR) is 81.8 cm³/mol. The highest BCUT2D eigenvalue weighted by molar-refractivity contribution is 6.01. The van der Waals surface area contributed by atoms with Crippen LogP contribution in [-0.2, 0) is 6.61 Å². The topological polar surface area (TPSA) is 26.3 Å². The average Bonchev–Trinajstić information content (AvgIpc) is 2.49. The van der Waals surface area contributed by atoms with Gasteiger partial charge in [-0.25, -0.2) is 0 Å². The Morgan fingerprint density at radius 1 is 1.04 bits per heavy atom. The fourth-order valence-corrected chi connectivity index (χ4v) is 2.26. The van der Waals surface area contributed by atoms with Crippen molar-refractivity contribution in [2.75, 3.05) is 0 Å². The highest BCUT2D eigenvalue weighted by Crippen LogP contribution is 2.26. The zero-order valence-electron chi connectivity index (χ0n) is 13.1. The molecule has 23 heavy (non-hydrogen) atoms. The summed E-state index contributed by atoms with van der Waals surface area (Å²) in [5.41, 5.74) is 3.07. The number of aryl methyl sites for hydroxylation is 2. The monoisotopic (exact) mass is 322 g/mol. The molecule has 0 radical (unpaired) electrons. The van der Waals surface area contributed by atoms with Gasteiger partial charge in [0, 0.05) is 11.1 Å². The van der Waals surface area contributed by atoms with Gasteiger partial charge in [-0.05, 0) is 49.6 Å². The Morgan fingerprint density at radius 2 is 1.61 bits per heavy atom. The molecule has 0 saturated carbocycles. The molecule has 0 bridgehead atoms. The molecule has 122 valence electrons. The first-order valence-electron chi connectivity index (χ1n) is 7.10. The largest absolute Gasteiger partial charge is 0.489 e. The maximum Gasteiger partial charge on any atom is 0.454 e. The third-order valence-corrected chi connectivity index (χ3v) is 3.81. The standard InChI is InChI=1S/C18H17F3O2/c1-11-8-15(9-12(2)13(11)3)23-10-14-6-4-5-7-16(14)17(22)18(19,20)21/h4-9H,10H2,1-3H3. The molecule has 0 spiro atoms. The van der Waals surface area contributed by atoms with Crippen molar-refractivity contribution < 1.29 is 22.7 Å². The molecule has 0 aromatic heterocycles. The van der Waals surface area contributed by atoms with Gasteiger partial charge >= 0.3 is 6.18 Å².